The summed E-state index contributed by atoms with van der Waals surface area (Å²) in [5.74, 6) is 1.04. The van der Waals surface area contributed by atoms with Crippen LogP contribution in [0.25, 0.3) is 0 Å². The summed E-state index contributed by atoms with van der Waals surface area (Å²) in [4.78, 5) is 18.4. The first-order valence-corrected chi connectivity index (χ1v) is 7.33. The van der Waals surface area contributed by atoms with Crippen molar-refractivity contribution in [2.45, 2.75) is 33.1 Å². The summed E-state index contributed by atoms with van der Waals surface area (Å²) in [6.07, 6.45) is 5.48. The van der Waals surface area contributed by atoms with Crippen LogP contribution >= 0.6 is 0 Å². The highest BCUT2D eigenvalue weighted by atomic mass is 16.5. The Morgan fingerprint density at radius 2 is 2.25 bits per heavy atom. The average Bonchev–Trinajstić information content (AvgIpc) is 2.39. The van der Waals surface area contributed by atoms with E-state index in [2.05, 4.69) is 16.8 Å². The van der Waals surface area contributed by atoms with E-state index in [0.29, 0.717) is 23.7 Å². The Bertz CT molecular complexity index is 472. The van der Waals surface area contributed by atoms with Gasteiger partial charge in [0.25, 0.3) is 0 Å². The molecule has 0 aromatic carbocycles. The molecule has 1 heterocycles. The Balaban J connectivity index is 2.21. The highest BCUT2D eigenvalue weighted by Gasteiger charge is 2.23. The molecule has 0 aliphatic heterocycles. The molecular formula is C15H23N3O2. The number of hydrogen-bond donors (Lipinski definition) is 1. The first-order valence-electron chi connectivity index (χ1n) is 7.33. The monoisotopic (exact) mass is 277 g/mol. The molecule has 0 saturated heterocycles. The van der Waals surface area contributed by atoms with Crippen LogP contribution in [0, 0.1) is 5.92 Å². The van der Waals surface area contributed by atoms with Gasteiger partial charge in [-0.15, -0.1) is 0 Å². The second kappa shape index (κ2) is 6.59. The SMILES string of the molecule is CCOC(=O)c1ccnc(N(CC)CC2CCC2)c1N. The van der Waals surface area contributed by atoms with Crippen molar-refractivity contribution in [3.63, 3.8) is 0 Å². The Morgan fingerprint density at radius 1 is 1.50 bits per heavy atom. The molecule has 0 atom stereocenters. The molecule has 1 aromatic rings. The zero-order valence-corrected chi connectivity index (χ0v) is 12.3. The Morgan fingerprint density at radius 3 is 2.80 bits per heavy atom. The van der Waals surface area contributed by atoms with Crippen LogP contribution in [0.5, 0.6) is 0 Å². The first-order chi connectivity index (χ1) is 9.67. The molecule has 2 rings (SSSR count). The molecule has 1 fully saturated rings. The van der Waals surface area contributed by atoms with E-state index < -0.39 is 0 Å². The van der Waals surface area contributed by atoms with Gasteiger partial charge in [-0.25, -0.2) is 9.78 Å². The van der Waals surface area contributed by atoms with Gasteiger partial charge < -0.3 is 15.4 Å². The van der Waals surface area contributed by atoms with Crippen LogP contribution in [0.15, 0.2) is 12.3 Å². The molecule has 1 aromatic heterocycles. The fraction of sp³-hybridized carbons (Fsp3) is 0.600. The molecule has 0 unspecified atom stereocenters. The predicted octanol–water partition coefficient (Wildman–Crippen LogP) is 2.47. The minimum absolute atomic E-state index is 0.343. The number of hydrogen-bond acceptors (Lipinski definition) is 5. The number of nitrogens with two attached hydrogens (primary N) is 1. The lowest BCUT2D eigenvalue weighted by molar-refractivity contribution is 0.0527. The number of rotatable bonds is 6. The number of esters is 1. The fourth-order valence-electron chi connectivity index (χ4n) is 2.45. The maximum absolute atomic E-state index is 11.9. The highest BCUT2D eigenvalue weighted by Crippen LogP contribution is 2.31. The molecule has 2 N–H and O–H groups in total. The normalized spacial score (nSPS) is 14.7. The number of ether oxygens (including phenoxy) is 1. The van der Waals surface area contributed by atoms with E-state index in [9.17, 15) is 4.79 Å². The van der Waals surface area contributed by atoms with Crippen molar-refractivity contribution < 1.29 is 9.53 Å². The second-order valence-electron chi connectivity index (χ2n) is 5.15. The Hall–Kier alpha value is -1.78. The third kappa shape index (κ3) is 3.03. The topological polar surface area (TPSA) is 68.5 Å². The first kappa shape index (κ1) is 14.6. The van der Waals surface area contributed by atoms with Crippen molar-refractivity contribution >= 4 is 17.5 Å². The van der Waals surface area contributed by atoms with Gasteiger partial charge in [-0.05, 0) is 38.7 Å². The van der Waals surface area contributed by atoms with Crippen molar-refractivity contribution in [1.82, 2.24) is 4.98 Å². The van der Waals surface area contributed by atoms with Crippen molar-refractivity contribution in [1.29, 1.82) is 0 Å². The van der Waals surface area contributed by atoms with E-state index in [0.717, 1.165) is 19.0 Å². The van der Waals surface area contributed by atoms with E-state index in [1.807, 2.05) is 0 Å². The third-order valence-electron chi connectivity index (χ3n) is 3.85. The molecular weight excluding hydrogens is 254 g/mol. The number of carbonyl (C=O) groups excluding carboxylic acids is 1. The van der Waals surface area contributed by atoms with Gasteiger partial charge in [0.05, 0.1) is 17.9 Å². The largest absolute Gasteiger partial charge is 0.462 e. The average molecular weight is 277 g/mol. The van der Waals surface area contributed by atoms with Crippen molar-refractivity contribution in [3.05, 3.63) is 17.8 Å². The van der Waals surface area contributed by atoms with E-state index in [1.54, 1.807) is 19.2 Å². The van der Waals surface area contributed by atoms with Gasteiger partial charge in [0.15, 0.2) is 5.82 Å². The number of carbonyl (C=O) groups is 1. The molecule has 1 aliphatic rings. The van der Waals surface area contributed by atoms with E-state index in [4.69, 9.17) is 10.5 Å². The summed E-state index contributed by atoms with van der Waals surface area (Å²) >= 11 is 0. The van der Waals surface area contributed by atoms with Crippen LogP contribution in [0.2, 0.25) is 0 Å². The third-order valence-corrected chi connectivity index (χ3v) is 3.85. The summed E-state index contributed by atoms with van der Waals surface area (Å²) in [7, 11) is 0. The van der Waals surface area contributed by atoms with Gasteiger partial charge >= 0.3 is 5.97 Å². The molecule has 0 radical (unpaired) electrons. The van der Waals surface area contributed by atoms with E-state index >= 15 is 0 Å². The summed E-state index contributed by atoms with van der Waals surface area (Å²) in [6, 6.07) is 1.62. The van der Waals surface area contributed by atoms with Gasteiger partial charge in [-0.1, -0.05) is 6.42 Å². The van der Waals surface area contributed by atoms with Crippen LogP contribution in [0.1, 0.15) is 43.5 Å². The second-order valence-corrected chi connectivity index (χ2v) is 5.15. The van der Waals surface area contributed by atoms with Crippen molar-refractivity contribution in [2.75, 3.05) is 30.3 Å². The summed E-state index contributed by atoms with van der Waals surface area (Å²) < 4.78 is 5.03. The van der Waals surface area contributed by atoms with E-state index in [1.165, 1.54) is 19.3 Å². The van der Waals surface area contributed by atoms with E-state index in [-0.39, 0.29) is 5.97 Å². The minimum Gasteiger partial charge on any atom is -0.462 e. The van der Waals surface area contributed by atoms with Crippen molar-refractivity contribution in [3.8, 4) is 0 Å². The molecule has 1 saturated carbocycles. The molecule has 20 heavy (non-hydrogen) atoms. The number of nitrogens with zero attached hydrogens (tertiary/aromatic N) is 2. The number of anilines is 2. The molecule has 110 valence electrons. The van der Waals surface area contributed by atoms with Crippen LogP contribution in [-0.4, -0.2) is 30.6 Å². The maximum Gasteiger partial charge on any atom is 0.340 e. The summed E-state index contributed by atoms with van der Waals surface area (Å²) in [5.41, 5.74) is 6.95. The Labute approximate surface area is 120 Å². The zero-order valence-electron chi connectivity index (χ0n) is 12.3. The molecule has 0 bridgehead atoms. The minimum atomic E-state index is -0.381. The van der Waals surface area contributed by atoms with Crippen LogP contribution in [-0.2, 0) is 4.74 Å². The molecule has 5 heteroatoms. The van der Waals surface area contributed by atoms with Gasteiger partial charge in [0.2, 0.25) is 0 Å². The molecule has 0 spiro atoms. The molecule has 0 amide bonds. The standard InChI is InChI=1S/C15H23N3O2/c1-3-18(10-11-6-5-7-11)14-13(16)12(8-9-17-14)15(19)20-4-2/h8-9,11H,3-7,10,16H2,1-2H3. The maximum atomic E-state index is 11.9. The number of nitrogen functional groups attached to an aromatic ring is 1. The van der Waals surface area contributed by atoms with Crippen LogP contribution in [0.4, 0.5) is 11.5 Å². The lowest BCUT2D eigenvalue weighted by Gasteiger charge is -2.33. The van der Waals surface area contributed by atoms with Gasteiger partial charge in [0.1, 0.15) is 0 Å². The summed E-state index contributed by atoms with van der Waals surface area (Å²) in [6.45, 7) is 6.00. The van der Waals surface area contributed by atoms with Gasteiger partial charge in [-0.3, -0.25) is 0 Å². The van der Waals surface area contributed by atoms with Gasteiger partial charge in [0, 0.05) is 19.3 Å². The number of aromatic nitrogens is 1. The smallest absolute Gasteiger partial charge is 0.340 e. The van der Waals surface area contributed by atoms with Crippen LogP contribution in [0.3, 0.4) is 0 Å². The quantitative estimate of drug-likeness (QED) is 0.809. The van der Waals surface area contributed by atoms with Gasteiger partial charge in [-0.2, -0.15) is 0 Å². The summed E-state index contributed by atoms with van der Waals surface area (Å²) in [5, 5.41) is 0. The predicted molar refractivity (Wildman–Crippen MR) is 79.8 cm³/mol. The zero-order chi connectivity index (χ0) is 14.5. The van der Waals surface area contributed by atoms with Crippen molar-refractivity contribution in [2.24, 2.45) is 5.92 Å². The fourth-order valence-corrected chi connectivity index (χ4v) is 2.45. The van der Waals surface area contributed by atoms with Crippen LogP contribution < -0.4 is 10.6 Å². The Kier molecular flexibility index (Phi) is 4.82. The lowest BCUT2D eigenvalue weighted by atomic mass is 9.85. The number of pyridine rings is 1. The lowest BCUT2D eigenvalue weighted by Crippen LogP contribution is -2.33. The molecule has 5 nitrogen and oxygen atoms in total. The molecule has 1 aliphatic carbocycles. The highest BCUT2D eigenvalue weighted by molar-refractivity contribution is 5.97.